The maximum absolute atomic E-state index is 3.30. The Kier molecular flexibility index (Phi) is 5.26. The SMILES string of the molecule is C/C=C(\C=C/Nc1ccccc1)c1ccc(-c2ccccc2)cc1. The second-order valence-corrected chi connectivity index (χ2v) is 5.53. The third-order valence-corrected chi connectivity index (χ3v) is 3.92. The summed E-state index contributed by atoms with van der Waals surface area (Å²) in [6.07, 6.45) is 6.21. The Labute approximate surface area is 144 Å². The fraction of sp³-hybridized carbons (Fsp3) is 0.0435. The molecular formula is C23H21N. The third-order valence-electron chi connectivity index (χ3n) is 3.92. The van der Waals surface area contributed by atoms with Gasteiger partial charge in [0.2, 0.25) is 0 Å². The molecule has 1 N–H and O–H groups in total. The molecule has 0 heterocycles. The summed E-state index contributed by atoms with van der Waals surface area (Å²) >= 11 is 0. The third kappa shape index (κ3) is 4.02. The predicted molar refractivity (Wildman–Crippen MR) is 105 cm³/mol. The Hall–Kier alpha value is -3.06. The maximum atomic E-state index is 3.30. The van der Waals surface area contributed by atoms with E-state index in [2.05, 4.69) is 72.9 Å². The van der Waals surface area contributed by atoms with Crippen LogP contribution < -0.4 is 5.32 Å². The van der Waals surface area contributed by atoms with E-state index >= 15 is 0 Å². The topological polar surface area (TPSA) is 12.0 Å². The Morgan fingerprint density at radius 1 is 0.708 bits per heavy atom. The van der Waals surface area contributed by atoms with E-state index in [1.165, 1.54) is 22.3 Å². The number of para-hydroxylation sites is 1. The molecule has 24 heavy (non-hydrogen) atoms. The van der Waals surface area contributed by atoms with Gasteiger partial charge in [-0.05, 0) is 47.4 Å². The van der Waals surface area contributed by atoms with Crippen molar-refractivity contribution in [2.45, 2.75) is 6.92 Å². The van der Waals surface area contributed by atoms with Crippen molar-refractivity contribution in [3.8, 4) is 11.1 Å². The zero-order valence-electron chi connectivity index (χ0n) is 13.8. The van der Waals surface area contributed by atoms with Gasteiger partial charge >= 0.3 is 0 Å². The molecule has 0 radical (unpaired) electrons. The number of allylic oxidation sites excluding steroid dienone is 3. The van der Waals surface area contributed by atoms with E-state index in [0.717, 1.165) is 5.69 Å². The molecule has 0 atom stereocenters. The lowest BCUT2D eigenvalue weighted by molar-refractivity contribution is 1.55. The van der Waals surface area contributed by atoms with Gasteiger partial charge in [0.1, 0.15) is 0 Å². The van der Waals surface area contributed by atoms with Gasteiger partial charge in [0, 0.05) is 11.9 Å². The summed E-state index contributed by atoms with van der Waals surface area (Å²) in [7, 11) is 0. The van der Waals surface area contributed by atoms with Crippen LogP contribution >= 0.6 is 0 Å². The Balaban J connectivity index is 1.72. The number of nitrogens with one attached hydrogen (secondary N) is 1. The second kappa shape index (κ2) is 7.98. The molecule has 0 aromatic heterocycles. The molecular weight excluding hydrogens is 290 g/mol. The zero-order chi connectivity index (χ0) is 16.6. The summed E-state index contributed by atoms with van der Waals surface area (Å²) in [5.41, 5.74) is 5.97. The van der Waals surface area contributed by atoms with Crippen molar-refractivity contribution in [3.63, 3.8) is 0 Å². The van der Waals surface area contributed by atoms with Crippen molar-refractivity contribution in [1.82, 2.24) is 0 Å². The molecule has 0 fully saturated rings. The number of rotatable bonds is 5. The van der Waals surface area contributed by atoms with Crippen LogP contribution in [0.3, 0.4) is 0 Å². The monoisotopic (exact) mass is 311 g/mol. The van der Waals surface area contributed by atoms with Gasteiger partial charge in [0.15, 0.2) is 0 Å². The lowest BCUT2D eigenvalue weighted by Crippen LogP contribution is -1.88. The summed E-state index contributed by atoms with van der Waals surface area (Å²) < 4.78 is 0. The molecule has 0 spiro atoms. The van der Waals surface area contributed by atoms with Crippen LogP contribution in [0, 0.1) is 0 Å². The van der Waals surface area contributed by atoms with E-state index in [9.17, 15) is 0 Å². The molecule has 0 aliphatic carbocycles. The fourth-order valence-electron chi connectivity index (χ4n) is 2.61. The Morgan fingerprint density at radius 2 is 1.29 bits per heavy atom. The molecule has 1 nitrogen and oxygen atoms in total. The van der Waals surface area contributed by atoms with Crippen molar-refractivity contribution in [1.29, 1.82) is 0 Å². The number of hydrogen-bond acceptors (Lipinski definition) is 1. The molecule has 0 saturated carbocycles. The largest absolute Gasteiger partial charge is 0.362 e. The predicted octanol–water partition coefficient (Wildman–Crippen LogP) is 6.38. The standard InChI is InChI=1S/C23H21N/c1-2-19(17-18-24-23-11-7-4-8-12-23)21-13-15-22(16-14-21)20-9-5-3-6-10-20/h2-18,24H,1H3/b18-17-,19-2+. The summed E-state index contributed by atoms with van der Waals surface area (Å²) in [5.74, 6) is 0. The minimum atomic E-state index is 1.09. The summed E-state index contributed by atoms with van der Waals surface area (Å²) in [6.45, 7) is 2.06. The van der Waals surface area contributed by atoms with Gasteiger partial charge in [-0.3, -0.25) is 0 Å². The van der Waals surface area contributed by atoms with Gasteiger partial charge in [0.05, 0.1) is 0 Å². The van der Waals surface area contributed by atoms with Crippen LogP contribution in [0.25, 0.3) is 16.7 Å². The normalized spacial score (nSPS) is 11.6. The van der Waals surface area contributed by atoms with Gasteiger partial charge < -0.3 is 5.32 Å². The highest BCUT2D eigenvalue weighted by Gasteiger charge is 1.99. The van der Waals surface area contributed by atoms with Crippen molar-refractivity contribution < 1.29 is 0 Å². The second-order valence-electron chi connectivity index (χ2n) is 5.53. The molecule has 118 valence electrons. The van der Waals surface area contributed by atoms with Crippen molar-refractivity contribution in [3.05, 3.63) is 109 Å². The van der Waals surface area contributed by atoms with Crippen LogP contribution in [0.5, 0.6) is 0 Å². The van der Waals surface area contributed by atoms with Crippen LogP contribution in [-0.2, 0) is 0 Å². The first-order valence-corrected chi connectivity index (χ1v) is 8.17. The minimum Gasteiger partial charge on any atom is -0.362 e. The lowest BCUT2D eigenvalue weighted by atomic mass is 10.0. The van der Waals surface area contributed by atoms with Gasteiger partial charge in [0.25, 0.3) is 0 Å². The lowest BCUT2D eigenvalue weighted by Gasteiger charge is -2.06. The smallest absolute Gasteiger partial charge is 0.0379 e. The molecule has 3 aromatic rings. The fourth-order valence-corrected chi connectivity index (χ4v) is 2.61. The summed E-state index contributed by atoms with van der Waals surface area (Å²) in [6, 6.07) is 29.3. The molecule has 0 bridgehead atoms. The molecule has 3 rings (SSSR count). The number of hydrogen-bond donors (Lipinski definition) is 1. The zero-order valence-corrected chi connectivity index (χ0v) is 13.8. The highest BCUT2D eigenvalue weighted by molar-refractivity contribution is 5.76. The molecule has 0 unspecified atom stereocenters. The van der Waals surface area contributed by atoms with Crippen molar-refractivity contribution in [2.24, 2.45) is 0 Å². The van der Waals surface area contributed by atoms with Crippen LogP contribution in [-0.4, -0.2) is 0 Å². The first-order valence-electron chi connectivity index (χ1n) is 8.17. The van der Waals surface area contributed by atoms with Gasteiger partial charge in [-0.15, -0.1) is 0 Å². The molecule has 0 aliphatic heterocycles. The number of benzene rings is 3. The molecule has 0 saturated heterocycles. The Morgan fingerprint density at radius 3 is 1.92 bits per heavy atom. The average molecular weight is 311 g/mol. The van der Waals surface area contributed by atoms with E-state index in [1.54, 1.807) is 0 Å². The van der Waals surface area contributed by atoms with E-state index in [4.69, 9.17) is 0 Å². The van der Waals surface area contributed by atoms with E-state index in [0.29, 0.717) is 0 Å². The molecule has 1 heteroatoms. The van der Waals surface area contributed by atoms with Gasteiger partial charge in [-0.1, -0.05) is 78.9 Å². The van der Waals surface area contributed by atoms with Crippen LogP contribution in [0.2, 0.25) is 0 Å². The van der Waals surface area contributed by atoms with E-state index < -0.39 is 0 Å². The van der Waals surface area contributed by atoms with Crippen molar-refractivity contribution >= 4 is 11.3 Å². The van der Waals surface area contributed by atoms with E-state index in [1.807, 2.05) is 42.6 Å². The molecule has 0 aliphatic rings. The van der Waals surface area contributed by atoms with Crippen LogP contribution in [0.1, 0.15) is 12.5 Å². The summed E-state index contributed by atoms with van der Waals surface area (Å²) in [5, 5.41) is 3.30. The van der Waals surface area contributed by atoms with E-state index in [-0.39, 0.29) is 0 Å². The summed E-state index contributed by atoms with van der Waals surface area (Å²) in [4.78, 5) is 0. The number of anilines is 1. The highest BCUT2D eigenvalue weighted by atomic mass is 14.8. The Bertz CT molecular complexity index is 813. The average Bonchev–Trinajstić information content (AvgIpc) is 2.67. The quantitative estimate of drug-likeness (QED) is 0.539. The van der Waals surface area contributed by atoms with Gasteiger partial charge in [-0.25, -0.2) is 0 Å². The van der Waals surface area contributed by atoms with Crippen molar-refractivity contribution in [2.75, 3.05) is 5.32 Å². The first kappa shape index (κ1) is 15.8. The molecule has 3 aromatic carbocycles. The maximum Gasteiger partial charge on any atom is 0.0379 e. The van der Waals surface area contributed by atoms with Crippen LogP contribution in [0.4, 0.5) is 5.69 Å². The highest BCUT2D eigenvalue weighted by Crippen LogP contribution is 2.23. The minimum absolute atomic E-state index is 1.09. The molecule has 0 amide bonds. The van der Waals surface area contributed by atoms with Crippen LogP contribution in [0.15, 0.2) is 103 Å². The van der Waals surface area contributed by atoms with Gasteiger partial charge in [-0.2, -0.15) is 0 Å². The first-order chi connectivity index (χ1) is 11.9.